The predicted octanol–water partition coefficient (Wildman–Crippen LogP) is 1.42. The summed E-state index contributed by atoms with van der Waals surface area (Å²) in [4.78, 5) is 19.3. The number of nitrogens with zero attached hydrogens (tertiary/aromatic N) is 1. The van der Waals surface area contributed by atoms with Gasteiger partial charge in [-0.2, -0.15) is 0 Å². The quantitative estimate of drug-likeness (QED) is 0.761. The highest BCUT2D eigenvalue weighted by Crippen LogP contribution is 2.39. The molecule has 104 valence electrons. The van der Waals surface area contributed by atoms with Crippen molar-refractivity contribution >= 4 is 17.7 Å². The van der Waals surface area contributed by atoms with Crippen LogP contribution in [0.25, 0.3) is 0 Å². The maximum atomic E-state index is 11.9. The van der Waals surface area contributed by atoms with Gasteiger partial charge in [0.1, 0.15) is 0 Å². The highest BCUT2D eigenvalue weighted by atomic mass is 32.2. The third-order valence-electron chi connectivity index (χ3n) is 3.99. The number of nitrogens with two attached hydrogens (primary N) is 1. The molecule has 4 N–H and O–H groups in total. The first-order valence-electron chi connectivity index (χ1n) is 6.92. The van der Waals surface area contributed by atoms with Crippen molar-refractivity contribution in [3.63, 3.8) is 0 Å². The van der Waals surface area contributed by atoms with E-state index in [1.54, 1.807) is 18.0 Å². The summed E-state index contributed by atoms with van der Waals surface area (Å²) >= 11 is 1.72. The molecule has 19 heavy (non-hydrogen) atoms. The molecule has 2 aliphatic carbocycles. The van der Waals surface area contributed by atoms with Crippen molar-refractivity contribution < 1.29 is 4.79 Å². The summed E-state index contributed by atoms with van der Waals surface area (Å²) in [7, 11) is 0. The number of hydrogen-bond donors (Lipinski definition) is 3. The molecule has 6 heteroatoms. The van der Waals surface area contributed by atoms with E-state index in [0.29, 0.717) is 11.3 Å². The number of nitrogens with one attached hydrogen (secondary N) is 2. The van der Waals surface area contributed by atoms with E-state index in [-0.39, 0.29) is 5.91 Å². The minimum Gasteiger partial charge on any atom is -0.368 e. The van der Waals surface area contributed by atoms with Gasteiger partial charge < -0.3 is 16.0 Å². The number of aromatic nitrogens is 2. The molecule has 1 amide bonds. The molecule has 2 fully saturated rings. The molecule has 0 aromatic carbocycles. The van der Waals surface area contributed by atoms with Crippen molar-refractivity contribution in [1.82, 2.24) is 15.3 Å². The van der Waals surface area contributed by atoms with Gasteiger partial charge in [-0.15, -0.1) is 0 Å². The Bertz CT molecular complexity index is 446. The number of H-pyrrole nitrogens is 1. The van der Waals surface area contributed by atoms with Crippen LogP contribution in [0.2, 0.25) is 0 Å². The molecule has 2 aliphatic rings. The van der Waals surface area contributed by atoms with Crippen LogP contribution in [0.15, 0.2) is 17.6 Å². The number of carbonyl (C=O) groups is 1. The van der Waals surface area contributed by atoms with Crippen LogP contribution in [0.4, 0.5) is 0 Å². The van der Waals surface area contributed by atoms with Crippen LogP contribution in [-0.2, 0) is 4.79 Å². The van der Waals surface area contributed by atoms with Crippen molar-refractivity contribution in [2.45, 2.75) is 60.5 Å². The molecular formula is C13H20N4OS. The zero-order valence-electron chi connectivity index (χ0n) is 10.9. The number of thioether (sulfide) groups is 1. The van der Waals surface area contributed by atoms with Crippen LogP contribution in [0, 0.1) is 0 Å². The lowest BCUT2D eigenvalue weighted by molar-refractivity contribution is -0.125. The third kappa shape index (κ3) is 2.95. The Labute approximate surface area is 117 Å². The molecular weight excluding hydrogens is 260 g/mol. The lowest BCUT2D eigenvalue weighted by Gasteiger charge is -2.39. The van der Waals surface area contributed by atoms with Gasteiger partial charge in [0.15, 0.2) is 5.16 Å². The normalized spacial score (nSPS) is 31.3. The van der Waals surface area contributed by atoms with E-state index < -0.39 is 5.54 Å². The number of imidazole rings is 1. The van der Waals surface area contributed by atoms with E-state index in [2.05, 4.69) is 15.3 Å². The molecule has 0 saturated heterocycles. The molecule has 1 heterocycles. The molecule has 1 aromatic heterocycles. The second-order valence-corrected chi connectivity index (χ2v) is 6.88. The van der Waals surface area contributed by atoms with Crippen LogP contribution in [-0.4, -0.2) is 32.7 Å². The van der Waals surface area contributed by atoms with E-state index in [1.165, 1.54) is 12.8 Å². The molecule has 2 saturated carbocycles. The lowest BCUT2D eigenvalue weighted by Crippen LogP contribution is -2.59. The predicted molar refractivity (Wildman–Crippen MR) is 74.8 cm³/mol. The van der Waals surface area contributed by atoms with Gasteiger partial charge in [-0.1, -0.05) is 11.8 Å². The van der Waals surface area contributed by atoms with Crippen LogP contribution in [0.1, 0.15) is 38.5 Å². The van der Waals surface area contributed by atoms with Crippen LogP contribution >= 0.6 is 11.8 Å². The fourth-order valence-electron chi connectivity index (χ4n) is 2.84. The van der Waals surface area contributed by atoms with Gasteiger partial charge in [0, 0.05) is 23.7 Å². The van der Waals surface area contributed by atoms with Gasteiger partial charge >= 0.3 is 0 Å². The second kappa shape index (κ2) is 5.17. The number of hydrogen-bond acceptors (Lipinski definition) is 4. The monoisotopic (exact) mass is 280 g/mol. The zero-order valence-corrected chi connectivity index (χ0v) is 11.7. The van der Waals surface area contributed by atoms with Gasteiger partial charge in [0.2, 0.25) is 5.91 Å². The molecule has 0 radical (unpaired) electrons. The molecule has 2 atom stereocenters. The summed E-state index contributed by atoms with van der Waals surface area (Å²) < 4.78 is 0. The largest absolute Gasteiger partial charge is 0.368 e. The molecule has 0 spiro atoms. The Morgan fingerprint density at radius 2 is 2.37 bits per heavy atom. The Morgan fingerprint density at radius 3 is 3.00 bits per heavy atom. The second-order valence-electron chi connectivity index (χ2n) is 5.60. The van der Waals surface area contributed by atoms with Crippen molar-refractivity contribution in [2.24, 2.45) is 5.73 Å². The molecule has 3 rings (SSSR count). The fraction of sp³-hybridized carbons (Fsp3) is 0.692. The minimum absolute atomic E-state index is 0.191. The SMILES string of the molecule is NC(=O)C1(NC2CC2)CCCC(Sc2ncc[nH]2)C1. The zero-order chi connectivity index (χ0) is 13.3. The summed E-state index contributed by atoms with van der Waals surface area (Å²) in [6.45, 7) is 0. The summed E-state index contributed by atoms with van der Waals surface area (Å²) in [5, 5.41) is 4.83. The first kappa shape index (κ1) is 13.0. The fourth-order valence-corrected chi connectivity index (χ4v) is 4.07. The molecule has 0 aliphatic heterocycles. The summed E-state index contributed by atoms with van der Waals surface area (Å²) in [5.74, 6) is -0.191. The van der Waals surface area contributed by atoms with E-state index in [4.69, 9.17) is 5.73 Å². The maximum absolute atomic E-state index is 11.9. The highest BCUT2D eigenvalue weighted by Gasteiger charge is 2.44. The lowest BCUT2D eigenvalue weighted by atomic mass is 9.80. The molecule has 1 aromatic rings. The van der Waals surface area contributed by atoms with Crippen LogP contribution < -0.4 is 11.1 Å². The average molecular weight is 280 g/mol. The van der Waals surface area contributed by atoms with Crippen molar-refractivity contribution in [3.05, 3.63) is 12.4 Å². The van der Waals surface area contributed by atoms with Crippen molar-refractivity contribution in [3.8, 4) is 0 Å². The van der Waals surface area contributed by atoms with Crippen LogP contribution in [0.3, 0.4) is 0 Å². The number of amides is 1. The van der Waals surface area contributed by atoms with E-state index in [9.17, 15) is 4.79 Å². The summed E-state index contributed by atoms with van der Waals surface area (Å²) in [6, 6.07) is 0.500. The first-order chi connectivity index (χ1) is 9.18. The summed E-state index contributed by atoms with van der Waals surface area (Å²) in [6.07, 6.45) is 9.77. The van der Waals surface area contributed by atoms with E-state index in [0.717, 1.165) is 30.8 Å². The van der Waals surface area contributed by atoms with Gasteiger partial charge in [-0.05, 0) is 38.5 Å². The third-order valence-corrected chi connectivity index (χ3v) is 5.17. The Balaban J connectivity index is 1.68. The molecule has 0 bridgehead atoms. The minimum atomic E-state index is -0.496. The maximum Gasteiger partial charge on any atom is 0.237 e. The van der Waals surface area contributed by atoms with Gasteiger partial charge in [0.05, 0.1) is 5.54 Å². The standard InChI is InChI=1S/C13H20N4OS/c14-11(18)13(17-9-3-4-9)5-1-2-10(8-13)19-12-15-6-7-16-12/h6-7,9-10,17H,1-5,8H2,(H2,14,18)(H,15,16). The molecule has 2 unspecified atom stereocenters. The van der Waals surface area contributed by atoms with Gasteiger partial charge in [-0.3, -0.25) is 4.79 Å². The van der Waals surface area contributed by atoms with E-state index >= 15 is 0 Å². The highest BCUT2D eigenvalue weighted by molar-refractivity contribution is 7.99. The smallest absolute Gasteiger partial charge is 0.237 e. The van der Waals surface area contributed by atoms with Gasteiger partial charge in [-0.25, -0.2) is 4.98 Å². The Hall–Kier alpha value is -1.01. The van der Waals surface area contributed by atoms with Crippen LogP contribution in [0.5, 0.6) is 0 Å². The van der Waals surface area contributed by atoms with E-state index in [1.807, 2.05) is 6.20 Å². The topological polar surface area (TPSA) is 83.8 Å². The molecule has 5 nitrogen and oxygen atoms in total. The number of carbonyl (C=O) groups excluding carboxylic acids is 1. The Kier molecular flexibility index (Phi) is 3.54. The number of aromatic amines is 1. The summed E-state index contributed by atoms with van der Waals surface area (Å²) in [5.41, 5.74) is 5.18. The Morgan fingerprint density at radius 1 is 1.53 bits per heavy atom. The van der Waals surface area contributed by atoms with Crippen molar-refractivity contribution in [1.29, 1.82) is 0 Å². The number of primary amides is 1. The first-order valence-corrected chi connectivity index (χ1v) is 7.79. The van der Waals surface area contributed by atoms with Crippen molar-refractivity contribution in [2.75, 3.05) is 0 Å². The van der Waals surface area contributed by atoms with Gasteiger partial charge in [0.25, 0.3) is 0 Å². The average Bonchev–Trinajstić information content (AvgIpc) is 3.03. The number of rotatable bonds is 5.